The molecule has 0 radical (unpaired) electrons. The molecule has 2 fully saturated rings. The predicted molar refractivity (Wildman–Crippen MR) is 111 cm³/mol. The molecule has 8 nitrogen and oxygen atoms in total. The van der Waals surface area contributed by atoms with Crippen LogP contribution in [0.1, 0.15) is 81.1 Å². The van der Waals surface area contributed by atoms with E-state index in [-0.39, 0.29) is 11.8 Å². The number of hydrogen-bond donors (Lipinski definition) is 4. The monoisotopic (exact) mass is 428 g/mol. The average Bonchev–Trinajstić information content (AvgIpc) is 2.53. The summed E-state index contributed by atoms with van der Waals surface area (Å²) in [6.45, 7) is 15.2. The first kappa shape index (κ1) is 25.0. The Morgan fingerprint density at radius 3 is 1.10 bits per heavy atom. The SMILES string of the molecule is CC1(C)CC(C(C2CC(C)(C)N(O)C(C)(C)C2)C(C(=O)O)C(=O)O)CC(C)(C)N1O. The Morgan fingerprint density at radius 1 is 0.667 bits per heavy atom. The number of hydrogen-bond acceptors (Lipinski definition) is 6. The molecule has 2 rings (SSSR count). The lowest BCUT2D eigenvalue weighted by Gasteiger charge is -2.57. The second-order valence-corrected chi connectivity index (χ2v) is 11.9. The van der Waals surface area contributed by atoms with E-state index in [9.17, 15) is 30.2 Å². The minimum atomic E-state index is -1.53. The highest BCUT2D eigenvalue weighted by Gasteiger charge is 2.56. The smallest absolute Gasteiger partial charge is 0.318 e. The molecule has 8 heteroatoms. The van der Waals surface area contributed by atoms with Crippen molar-refractivity contribution in [3.63, 3.8) is 0 Å². The second kappa shape index (κ2) is 7.73. The molecule has 0 aromatic carbocycles. The van der Waals surface area contributed by atoms with Gasteiger partial charge in [0.25, 0.3) is 0 Å². The Kier molecular flexibility index (Phi) is 6.45. The number of carboxylic acids is 2. The number of nitrogens with zero attached hydrogens (tertiary/aromatic N) is 2. The molecule has 0 aromatic heterocycles. The van der Waals surface area contributed by atoms with E-state index in [0.29, 0.717) is 25.7 Å². The maximum Gasteiger partial charge on any atom is 0.318 e. The summed E-state index contributed by atoms with van der Waals surface area (Å²) in [4.78, 5) is 24.3. The van der Waals surface area contributed by atoms with E-state index in [1.54, 1.807) is 0 Å². The van der Waals surface area contributed by atoms with Gasteiger partial charge in [-0.05, 0) is 98.8 Å². The minimum Gasteiger partial charge on any atom is -0.481 e. The molecule has 0 unspecified atom stereocenters. The molecule has 30 heavy (non-hydrogen) atoms. The second-order valence-electron chi connectivity index (χ2n) is 11.9. The molecule has 2 aliphatic heterocycles. The van der Waals surface area contributed by atoms with Crippen LogP contribution in [0.25, 0.3) is 0 Å². The number of aliphatic carboxylic acids is 2. The summed E-state index contributed by atoms with van der Waals surface area (Å²) in [7, 11) is 0. The Labute approximate surface area is 179 Å². The van der Waals surface area contributed by atoms with Crippen LogP contribution in [-0.4, -0.2) is 64.8 Å². The topological polar surface area (TPSA) is 122 Å². The molecule has 0 atom stereocenters. The number of piperidine rings is 2. The van der Waals surface area contributed by atoms with Gasteiger partial charge in [-0.2, -0.15) is 10.1 Å². The van der Waals surface area contributed by atoms with Crippen molar-refractivity contribution in [1.29, 1.82) is 0 Å². The lowest BCUT2D eigenvalue weighted by molar-refractivity contribution is -0.269. The highest BCUT2D eigenvalue weighted by atomic mass is 16.5. The third kappa shape index (κ3) is 4.52. The van der Waals surface area contributed by atoms with Crippen molar-refractivity contribution in [3.05, 3.63) is 0 Å². The van der Waals surface area contributed by atoms with Crippen molar-refractivity contribution in [2.24, 2.45) is 23.7 Å². The van der Waals surface area contributed by atoms with E-state index in [4.69, 9.17) is 0 Å². The first-order valence-corrected chi connectivity index (χ1v) is 10.8. The summed E-state index contributed by atoms with van der Waals surface area (Å²) in [6.07, 6.45) is 1.98. The maximum absolute atomic E-state index is 12.1. The fourth-order valence-corrected chi connectivity index (χ4v) is 6.60. The zero-order valence-electron chi connectivity index (χ0n) is 19.6. The van der Waals surface area contributed by atoms with Crippen LogP contribution in [0.2, 0.25) is 0 Å². The average molecular weight is 429 g/mol. The molecule has 2 saturated heterocycles. The lowest BCUT2D eigenvalue weighted by atomic mass is 9.59. The van der Waals surface area contributed by atoms with Crippen molar-refractivity contribution in [2.45, 2.75) is 103 Å². The van der Waals surface area contributed by atoms with Crippen molar-refractivity contribution in [1.82, 2.24) is 10.1 Å². The Bertz CT molecular complexity index is 595. The van der Waals surface area contributed by atoms with Crippen LogP contribution in [0, 0.1) is 23.7 Å². The molecule has 0 amide bonds. The van der Waals surface area contributed by atoms with Gasteiger partial charge in [0.1, 0.15) is 0 Å². The van der Waals surface area contributed by atoms with Crippen LogP contribution >= 0.6 is 0 Å². The Hall–Kier alpha value is -1.22. The van der Waals surface area contributed by atoms with Crippen molar-refractivity contribution in [2.75, 3.05) is 0 Å². The van der Waals surface area contributed by atoms with E-state index in [0.717, 1.165) is 0 Å². The third-order valence-electron chi connectivity index (χ3n) is 7.35. The third-order valence-corrected chi connectivity index (χ3v) is 7.35. The highest BCUT2D eigenvalue weighted by molar-refractivity contribution is 5.93. The summed E-state index contributed by atoms with van der Waals surface area (Å²) in [5.41, 5.74) is -2.46. The zero-order chi connectivity index (χ0) is 23.4. The molecule has 0 aliphatic carbocycles. The van der Waals surface area contributed by atoms with E-state index in [1.165, 1.54) is 10.1 Å². The largest absolute Gasteiger partial charge is 0.481 e. The summed E-state index contributed by atoms with van der Waals surface area (Å²) in [5.74, 6) is -5.18. The normalized spacial score (nSPS) is 27.5. The Balaban J connectivity index is 2.57. The Morgan fingerprint density at radius 2 is 0.900 bits per heavy atom. The first-order valence-electron chi connectivity index (χ1n) is 10.8. The summed E-state index contributed by atoms with van der Waals surface area (Å²) >= 11 is 0. The molecule has 0 bridgehead atoms. The van der Waals surface area contributed by atoms with Gasteiger partial charge >= 0.3 is 11.9 Å². The van der Waals surface area contributed by atoms with Crippen molar-refractivity contribution < 1.29 is 30.2 Å². The van der Waals surface area contributed by atoms with Gasteiger partial charge in [0, 0.05) is 22.2 Å². The summed E-state index contributed by atoms with van der Waals surface area (Å²) in [6, 6.07) is 0. The van der Waals surface area contributed by atoms with E-state index < -0.39 is 45.9 Å². The summed E-state index contributed by atoms with van der Waals surface area (Å²) < 4.78 is 0. The van der Waals surface area contributed by atoms with Crippen LogP contribution < -0.4 is 0 Å². The maximum atomic E-state index is 12.1. The number of hydroxylamine groups is 4. The van der Waals surface area contributed by atoms with Gasteiger partial charge in [-0.3, -0.25) is 9.59 Å². The van der Waals surface area contributed by atoms with Crippen molar-refractivity contribution >= 4 is 11.9 Å². The zero-order valence-corrected chi connectivity index (χ0v) is 19.6. The van der Waals surface area contributed by atoms with Gasteiger partial charge < -0.3 is 20.6 Å². The number of carbonyl (C=O) groups is 2. The van der Waals surface area contributed by atoms with Crippen LogP contribution in [0.5, 0.6) is 0 Å². The number of rotatable bonds is 5. The van der Waals surface area contributed by atoms with Gasteiger partial charge in [0.2, 0.25) is 0 Å². The van der Waals surface area contributed by atoms with E-state index >= 15 is 0 Å². The molecule has 174 valence electrons. The van der Waals surface area contributed by atoms with Crippen molar-refractivity contribution in [3.8, 4) is 0 Å². The molecule has 2 aliphatic rings. The molecule has 0 aromatic rings. The fourth-order valence-electron chi connectivity index (χ4n) is 6.60. The highest BCUT2D eigenvalue weighted by Crippen LogP contribution is 2.52. The molecule has 0 saturated carbocycles. The standard InChI is InChI=1S/C22H40N2O6/c1-19(2)9-13(10-20(3,4)23(19)29)15(16(17(25)26)18(27)28)14-11-21(5,6)24(30)22(7,8)12-14/h13-16,29-30H,9-12H2,1-8H3,(H,25,26)(H,27,28). The molecule has 4 N–H and O–H groups in total. The lowest BCUT2D eigenvalue weighted by Crippen LogP contribution is -2.63. The van der Waals surface area contributed by atoms with Crippen LogP contribution in [0.3, 0.4) is 0 Å². The predicted octanol–water partition coefficient (Wildman–Crippen LogP) is 3.70. The van der Waals surface area contributed by atoms with Crippen LogP contribution in [-0.2, 0) is 9.59 Å². The van der Waals surface area contributed by atoms with Gasteiger partial charge in [-0.1, -0.05) is 0 Å². The van der Waals surface area contributed by atoms with Gasteiger partial charge in [0.15, 0.2) is 5.92 Å². The first-order chi connectivity index (χ1) is 13.3. The summed E-state index contributed by atoms with van der Waals surface area (Å²) in [5, 5.41) is 43.8. The molecular weight excluding hydrogens is 388 g/mol. The van der Waals surface area contributed by atoms with Gasteiger partial charge in [0.05, 0.1) is 0 Å². The van der Waals surface area contributed by atoms with Crippen LogP contribution in [0.15, 0.2) is 0 Å². The van der Waals surface area contributed by atoms with E-state index in [2.05, 4.69) is 0 Å². The molecule has 0 spiro atoms. The fraction of sp³-hybridized carbons (Fsp3) is 0.909. The van der Waals surface area contributed by atoms with Gasteiger partial charge in [-0.15, -0.1) is 0 Å². The molecular formula is C22H40N2O6. The molecule has 2 heterocycles. The minimum absolute atomic E-state index is 0.197. The number of carboxylic acid groups (broad SMARTS) is 2. The van der Waals surface area contributed by atoms with Gasteiger partial charge in [-0.25, -0.2) is 0 Å². The van der Waals surface area contributed by atoms with E-state index in [1.807, 2.05) is 55.4 Å². The van der Waals surface area contributed by atoms with Crippen LogP contribution in [0.4, 0.5) is 0 Å². The quantitative estimate of drug-likeness (QED) is 0.489.